The Morgan fingerprint density at radius 1 is 1.41 bits per heavy atom. The smallest absolute Gasteiger partial charge is 0.376 e. The van der Waals surface area contributed by atoms with Gasteiger partial charge in [0, 0.05) is 6.04 Å². The lowest BCUT2D eigenvalue weighted by molar-refractivity contribution is -0.388. The van der Waals surface area contributed by atoms with Crippen molar-refractivity contribution in [1.29, 1.82) is 0 Å². The number of rotatable bonds is 6. The van der Waals surface area contributed by atoms with Crippen LogP contribution in [0, 0.1) is 16.0 Å². The summed E-state index contributed by atoms with van der Waals surface area (Å²) in [7, 11) is 0. The topological polar surface area (TPSA) is 68.1 Å². The lowest BCUT2D eigenvalue weighted by atomic mass is 10.0. The monoisotopic (exact) mass is 237 g/mol. The summed E-state index contributed by atoms with van der Waals surface area (Å²) in [6.45, 7) is 6.36. The summed E-state index contributed by atoms with van der Waals surface area (Å²) in [4.78, 5) is 14.1. The maximum absolute atomic E-state index is 10.8. The fourth-order valence-corrected chi connectivity index (χ4v) is 1.58. The minimum absolute atomic E-state index is 0.108. The lowest BCUT2D eigenvalue weighted by Gasteiger charge is -2.15. The van der Waals surface area contributed by atoms with Crippen LogP contribution in [0.1, 0.15) is 33.6 Å². The summed E-state index contributed by atoms with van der Waals surface area (Å²) in [6.07, 6.45) is 3.52. The van der Waals surface area contributed by atoms with E-state index in [0.29, 0.717) is 11.6 Å². The lowest BCUT2D eigenvalue weighted by Crippen LogP contribution is -2.17. The highest BCUT2D eigenvalue weighted by atomic mass is 16.6. The van der Waals surface area contributed by atoms with Crippen molar-refractivity contribution in [2.24, 2.45) is 5.92 Å². The minimum Gasteiger partial charge on any atom is -0.376 e. The molecule has 0 amide bonds. The van der Waals surface area contributed by atoms with Gasteiger partial charge in [-0.3, -0.25) is 0 Å². The predicted molar refractivity (Wildman–Crippen MR) is 68.0 cm³/mol. The molecule has 17 heavy (non-hydrogen) atoms. The molecule has 5 heteroatoms. The van der Waals surface area contributed by atoms with E-state index in [1.807, 2.05) is 6.92 Å². The number of hydrogen-bond donors (Lipinski definition) is 1. The first-order valence-electron chi connectivity index (χ1n) is 5.86. The number of hydrogen-bond acceptors (Lipinski definition) is 4. The third-order valence-corrected chi connectivity index (χ3v) is 2.54. The molecule has 1 unspecified atom stereocenters. The number of anilines is 1. The van der Waals surface area contributed by atoms with Gasteiger partial charge in [0.1, 0.15) is 11.9 Å². The minimum atomic E-state index is -0.461. The Balaban J connectivity index is 2.64. The molecule has 0 aliphatic rings. The molecule has 1 atom stereocenters. The van der Waals surface area contributed by atoms with Gasteiger partial charge in [0.25, 0.3) is 0 Å². The van der Waals surface area contributed by atoms with Crippen LogP contribution in [-0.2, 0) is 0 Å². The number of nitro groups is 1. The van der Waals surface area contributed by atoms with Gasteiger partial charge in [-0.1, -0.05) is 13.8 Å². The molecule has 0 aromatic carbocycles. The molecule has 0 spiro atoms. The van der Waals surface area contributed by atoms with Crippen molar-refractivity contribution < 1.29 is 4.92 Å². The van der Waals surface area contributed by atoms with Crippen LogP contribution in [0.2, 0.25) is 0 Å². The molecule has 1 aromatic rings. The molecule has 0 saturated carbocycles. The van der Waals surface area contributed by atoms with Gasteiger partial charge in [-0.15, -0.1) is 0 Å². The largest absolute Gasteiger partial charge is 0.386 e. The molecule has 5 nitrogen and oxygen atoms in total. The highest BCUT2D eigenvalue weighted by Gasteiger charge is 2.15. The van der Waals surface area contributed by atoms with Crippen molar-refractivity contribution in [3.8, 4) is 0 Å². The molecular weight excluding hydrogens is 218 g/mol. The molecule has 1 aromatic heterocycles. The van der Waals surface area contributed by atoms with Crippen LogP contribution < -0.4 is 5.32 Å². The molecule has 0 aliphatic carbocycles. The van der Waals surface area contributed by atoms with E-state index in [-0.39, 0.29) is 11.9 Å². The molecule has 0 aliphatic heterocycles. The summed E-state index contributed by atoms with van der Waals surface area (Å²) in [5.41, 5.74) is 0.494. The normalized spacial score (nSPS) is 12.5. The van der Waals surface area contributed by atoms with E-state index < -0.39 is 4.92 Å². The summed E-state index contributed by atoms with van der Waals surface area (Å²) in [6, 6.07) is 3.60. The van der Waals surface area contributed by atoms with Crippen LogP contribution in [0.5, 0.6) is 0 Å². The van der Waals surface area contributed by atoms with Crippen LogP contribution in [0.15, 0.2) is 18.3 Å². The van der Waals surface area contributed by atoms with E-state index in [0.717, 1.165) is 12.8 Å². The Labute approximate surface area is 101 Å². The Hall–Kier alpha value is -1.65. The van der Waals surface area contributed by atoms with Crippen LogP contribution in [-0.4, -0.2) is 15.9 Å². The van der Waals surface area contributed by atoms with E-state index in [2.05, 4.69) is 24.1 Å². The van der Waals surface area contributed by atoms with Crippen molar-refractivity contribution in [1.82, 2.24) is 4.98 Å². The van der Waals surface area contributed by atoms with Gasteiger partial charge in [0.05, 0.1) is 0 Å². The predicted octanol–water partition coefficient (Wildman–Crippen LogP) is 3.23. The number of nitrogens with one attached hydrogen (secondary N) is 1. The fourth-order valence-electron chi connectivity index (χ4n) is 1.58. The summed E-state index contributed by atoms with van der Waals surface area (Å²) in [5.74, 6) is 0.534. The zero-order valence-electron chi connectivity index (χ0n) is 10.5. The Kier molecular flexibility index (Phi) is 4.87. The van der Waals surface area contributed by atoms with Crippen LogP contribution in [0.25, 0.3) is 0 Å². The van der Waals surface area contributed by atoms with Crippen molar-refractivity contribution in [3.63, 3.8) is 0 Å². The van der Waals surface area contributed by atoms with Gasteiger partial charge in [-0.05, 0) is 47.7 Å². The zero-order chi connectivity index (χ0) is 12.8. The first-order valence-corrected chi connectivity index (χ1v) is 5.86. The van der Waals surface area contributed by atoms with Gasteiger partial charge >= 0.3 is 5.82 Å². The molecule has 0 bridgehead atoms. The fraction of sp³-hybridized carbons (Fsp3) is 0.583. The molecule has 0 fully saturated rings. The van der Waals surface area contributed by atoms with Crippen molar-refractivity contribution in [3.05, 3.63) is 28.4 Å². The highest BCUT2D eigenvalue weighted by molar-refractivity contribution is 5.56. The molecule has 0 saturated heterocycles. The van der Waals surface area contributed by atoms with Crippen molar-refractivity contribution in [2.45, 2.75) is 39.7 Å². The molecule has 1 heterocycles. The summed E-state index contributed by atoms with van der Waals surface area (Å²) >= 11 is 0. The van der Waals surface area contributed by atoms with Gasteiger partial charge in [0.2, 0.25) is 0 Å². The van der Waals surface area contributed by atoms with Crippen LogP contribution in [0.4, 0.5) is 11.5 Å². The first-order chi connectivity index (χ1) is 8.00. The number of nitrogens with zero attached hydrogens (tertiary/aromatic N) is 2. The quantitative estimate of drug-likeness (QED) is 0.609. The van der Waals surface area contributed by atoms with Crippen LogP contribution in [0.3, 0.4) is 0 Å². The van der Waals surface area contributed by atoms with Crippen molar-refractivity contribution >= 4 is 11.5 Å². The summed E-state index contributed by atoms with van der Waals surface area (Å²) < 4.78 is 0. The van der Waals surface area contributed by atoms with E-state index in [1.165, 1.54) is 6.20 Å². The van der Waals surface area contributed by atoms with E-state index in [9.17, 15) is 10.1 Å². The Bertz CT molecular complexity index is 380. The third-order valence-electron chi connectivity index (χ3n) is 2.54. The van der Waals surface area contributed by atoms with Gasteiger partial charge < -0.3 is 15.4 Å². The standard InChI is InChI=1S/C12H19N3O2/c1-9(2)6-7-10(3)14-11-5-4-8-13-12(11)15(16)17/h4-5,8-10,14H,6-7H2,1-3H3. The highest BCUT2D eigenvalue weighted by Crippen LogP contribution is 2.22. The average Bonchev–Trinajstić information content (AvgIpc) is 2.27. The molecule has 1 rings (SSSR count). The van der Waals surface area contributed by atoms with E-state index in [1.54, 1.807) is 12.1 Å². The zero-order valence-corrected chi connectivity index (χ0v) is 10.5. The average molecular weight is 237 g/mol. The van der Waals surface area contributed by atoms with E-state index in [4.69, 9.17) is 0 Å². The second-order valence-corrected chi connectivity index (χ2v) is 4.65. The van der Waals surface area contributed by atoms with Gasteiger partial charge in [-0.25, -0.2) is 0 Å². The Morgan fingerprint density at radius 2 is 2.12 bits per heavy atom. The molecule has 94 valence electrons. The van der Waals surface area contributed by atoms with Crippen LogP contribution >= 0.6 is 0 Å². The number of aromatic nitrogens is 1. The first kappa shape index (κ1) is 13.4. The van der Waals surface area contributed by atoms with E-state index >= 15 is 0 Å². The number of pyridine rings is 1. The van der Waals surface area contributed by atoms with Crippen molar-refractivity contribution in [2.75, 3.05) is 5.32 Å². The third kappa shape index (κ3) is 4.38. The molecule has 1 N–H and O–H groups in total. The Morgan fingerprint density at radius 3 is 2.71 bits per heavy atom. The SMILES string of the molecule is CC(C)CCC(C)Nc1cccnc1[N+](=O)[O-]. The maximum Gasteiger partial charge on any atom is 0.386 e. The molecule has 0 radical (unpaired) electrons. The second-order valence-electron chi connectivity index (χ2n) is 4.65. The summed E-state index contributed by atoms with van der Waals surface area (Å²) in [5, 5.41) is 13.9. The van der Waals surface area contributed by atoms with Gasteiger partial charge in [0.15, 0.2) is 0 Å². The van der Waals surface area contributed by atoms with Gasteiger partial charge in [-0.2, -0.15) is 0 Å². The molecular formula is C12H19N3O2. The maximum atomic E-state index is 10.8. The second kappa shape index (κ2) is 6.18.